The van der Waals surface area contributed by atoms with Crippen molar-refractivity contribution in [2.75, 3.05) is 39.9 Å². The predicted octanol–water partition coefficient (Wildman–Crippen LogP) is 0.522. The largest absolute Gasteiger partial charge is 0.383 e. The van der Waals surface area contributed by atoms with Crippen LogP contribution in [0.2, 0.25) is 0 Å². The summed E-state index contributed by atoms with van der Waals surface area (Å²) in [4.78, 5) is 2.28. The summed E-state index contributed by atoms with van der Waals surface area (Å²) in [6, 6.07) is 0. The van der Waals surface area contributed by atoms with Gasteiger partial charge in [-0.15, -0.1) is 11.7 Å². The van der Waals surface area contributed by atoms with Crippen molar-refractivity contribution in [3.63, 3.8) is 0 Å². The van der Waals surface area contributed by atoms with Gasteiger partial charge < -0.3 is 10.1 Å². The zero-order valence-corrected chi connectivity index (χ0v) is 12.0. The van der Waals surface area contributed by atoms with Crippen molar-refractivity contribution in [1.82, 2.24) is 25.2 Å². The summed E-state index contributed by atoms with van der Waals surface area (Å²) >= 11 is 0. The monoisotopic (exact) mass is 267 g/mol. The molecular formula is C13H25N5O. The molecule has 0 amide bonds. The minimum Gasteiger partial charge on any atom is -0.383 e. The van der Waals surface area contributed by atoms with E-state index in [1.54, 1.807) is 7.11 Å². The average molecular weight is 267 g/mol. The number of nitrogens with one attached hydrogen (secondary N) is 1. The van der Waals surface area contributed by atoms with Crippen molar-refractivity contribution in [2.24, 2.45) is 0 Å². The predicted molar refractivity (Wildman–Crippen MR) is 75.9 cm³/mol. The summed E-state index contributed by atoms with van der Waals surface area (Å²) in [5, 5.41) is 11.5. The van der Waals surface area contributed by atoms with Gasteiger partial charge in [0, 0.05) is 39.5 Å². The molecule has 0 unspecified atom stereocenters. The maximum absolute atomic E-state index is 5.10. The first-order valence-corrected chi connectivity index (χ1v) is 6.72. The summed E-state index contributed by atoms with van der Waals surface area (Å²) < 4.78 is 6.98. The lowest BCUT2D eigenvalue weighted by Crippen LogP contribution is -2.31. The fourth-order valence-corrected chi connectivity index (χ4v) is 1.72. The number of methoxy groups -OCH3 is 1. The Morgan fingerprint density at radius 1 is 1.53 bits per heavy atom. The molecule has 108 valence electrons. The van der Waals surface area contributed by atoms with Crippen molar-refractivity contribution < 1.29 is 4.74 Å². The molecule has 0 saturated heterocycles. The molecule has 0 aliphatic rings. The number of rotatable bonds is 11. The van der Waals surface area contributed by atoms with E-state index in [4.69, 9.17) is 4.74 Å². The van der Waals surface area contributed by atoms with E-state index in [1.165, 1.54) is 0 Å². The van der Waals surface area contributed by atoms with E-state index in [-0.39, 0.29) is 0 Å². The van der Waals surface area contributed by atoms with Gasteiger partial charge in [-0.25, -0.2) is 0 Å². The topological polar surface area (TPSA) is 55.2 Å². The van der Waals surface area contributed by atoms with E-state index in [9.17, 15) is 0 Å². The number of aromatic nitrogens is 3. The van der Waals surface area contributed by atoms with Gasteiger partial charge in [-0.05, 0) is 6.54 Å². The zero-order chi connectivity index (χ0) is 13.9. The summed E-state index contributed by atoms with van der Waals surface area (Å²) in [7, 11) is 1.72. The maximum Gasteiger partial charge on any atom is 0.0964 e. The Morgan fingerprint density at radius 2 is 2.37 bits per heavy atom. The standard InChI is InChI=1S/C13H25N5O/c1-4-6-17(9-10-19-3)7-8-18-12-13(15-16-18)11-14-5-2/h4,12,14H,1,5-11H2,2-3H3. The molecule has 1 aromatic heterocycles. The SMILES string of the molecule is C=CCN(CCOC)CCn1cc(CNCC)nn1. The highest BCUT2D eigenvalue weighted by Crippen LogP contribution is 1.95. The second-order valence-corrected chi connectivity index (χ2v) is 4.34. The highest BCUT2D eigenvalue weighted by molar-refractivity contribution is 4.91. The smallest absolute Gasteiger partial charge is 0.0964 e. The molecule has 0 aromatic carbocycles. The quantitative estimate of drug-likeness (QED) is 0.593. The number of ether oxygens (including phenoxy) is 1. The molecule has 6 nitrogen and oxygen atoms in total. The van der Waals surface area contributed by atoms with E-state index in [2.05, 4.69) is 34.0 Å². The van der Waals surface area contributed by atoms with Gasteiger partial charge in [0.05, 0.1) is 18.8 Å². The highest BCUT2D eigenvalue weighted by atomic mass is 16.5. The van der Waals surface area contributed by atoms with E-state index in [0.717, 1.165) is 51.6 Å². The molecule has 0 saturated carbocycles. The Bertz CT molecular complexity index is 353. The zero-order valence-electron chi connectivity index (χ0n) is 12.0. The van der Waals surface area contributed by atoms with Crippen molar-refractivity contribution in [2.45, 2.75) is 20.0 Å². The number of hydrogen-bond acceptors (Lipinski definition) is 5. The van der Waals surface area contributed by atoms with Gasteiger partial charge in [-0.2, -0.15) is 0 Å². The van der Waals surface area contributed by atoms with Gasteiger partial charge in [0.15, 0.2) is 0 Å². The van der Waals surface area contributed by atoms with Crippen LogP contribution < -0.4 is 5.32 Å². The first kappa shape index (κ1) is 15.8. The molecule has 0 atom stereocenters. The van der Waals surface area contributed by atoms with Crippen LogP contribution in [0, 0.1) is 0 Å². The minimum absolute atomic E-state index is 0.733. The van der Waals surface area contributed by atoms with Crippen LogP contribution in [0.4, 0.5) is 0 Å². The van der Waals surface area contributed by atoms with E-state index < -0.39 is 0 Å². The molecule has 1 aromatic rings. The Morgan fingerprint density at radius 3 is 3.05 bits per heavy atom. The summed E-state index contributed by atoms with van der Waals surface area (Å²) in [5.41, 5.74) is 0.981. The van der Waals surface area contributed by atoms with Crippen LogP contribution >= 0.6 is 0 Å². The van der Waals surface area contributed by atoms with Gasteiger partial charge in [0.2, 0.25) is 0 Å². The van der Waals surface area contributed by atoms with Gasteiger partial charge in [-0.1, -0.05) is 18.2 Å². The molecule has 0 fully saturated rings. The van der Waals surface area contributed by atoms with Crippen LogP contribution in [0.1, 0.15) is 12.6 Å². The molecule has 0 aliphatic carbocycles. The molecular weight excluding hydrogens is 242 g/mol. The van der Waals surface area contributed by atoms with Crippen molar-refractivity contribution in [3.8, 4) is 0 Å². The van der Waals surface area contributed by atoms with Gasteiger partial charge in [-0.3, -0.25) is 9.58 Å². The first-order chi connectivity index (χ1) is 9.30. The fraction of sp³-hybridized carbons (Fsp3) is 0.692. The van der Waals surface area contributed by atoms with Crippen LogP contribution in [-0.2, 0) is 17.8 Å². The highest BCUT2D eigenvalue weighted by Gasteiger charge is 2.04. The van der Waals surface area contributed by atoms with E-state index in [0.29, 0.717) is 0 Å². The molecule has 0 bridgehead atoms. The van der Waals surface area contributed by atoms with Crippen LogP contribution in [0.15, 0.2) is 18.9 Å². The molecule has 0 spiro atoms. The third kappa shape index (κ3) is 6.47. The molecule has 1 heterocycles. The van der Waals surface area contributed by atoms with Crippen LogP contribution in [-0.4, -0.2) is 59.8 Å². The Kier molecular flexibility index (Phi) is 8.04. The molecule has 6 heteroatoms. The molecule has 19 heavy (non-hydrogen) atoms. The van der Waals surface area contributed by atoms with Crippen molar-refractivity contribution >= 4 is 0 Å². The van der Waals surface area contributed by atoms with Gasteiger partial charge in [0.1, 0.15) is 0 Å². The molecule has 0 radical (unpaired) electrons. The lowest BCUT2D eigenvalue weighted by Gasteiger charge is -2.19. The molecule has 0 aliphatic heterocycles. The summed E-state index contributed by atoms with van der Waals surface area (Å²) in [6.07, 6.45) is 3.90. The van der Waals surface area contributed by atoms with E-state index in [1.807, 2.05) is 17.0 Å². The third-order valence-corrected chi connectivity index (χ3v) is 2.79. The molecule has 1 N–H and O–H groups in total. The number of hydrogen-bond donors (Lipinski definition) is 1. The van der Waals surface area contributed by atoms with Crippen LogP contribution in [0.3, 0.4) is 0 Å². The Hall–Kier alpha value is -1.24. The lowest BCUT2D eigenvalue weighted by atomic mass is 10.4. The minimum atomic E-state index is 0.733. The number of nitrogens with zero attached hydrogens (tertiary/aromatic N) is 4. The van der Waals surface area contributed by atoms with Crippen molar-refractivity contribution in [1.29, 1.82) is 0 Å². The third-order valence-electron chi connectivity index (χ3n) is 2.79. The second kappa shape index (κ2) is 9.66. The van der Waals surface area contributed by atoms with Crippen molar-refractivity contribution in [3.05, 3.63) is 24.5 Å². The first-order valence-electron chi connectivity index (χ1n) is 6.72. The van der Waals surface area contributed by atoms with Crippen LogP contribution in [0.25, 0.3) is 0 Å². The van der Waals surface area contributed by atoms with E-state index >= 15 is 0 Å². The maximum atomic E-state index is 5.10. The summed E-state index contributed by atoms with van der Waals surface area (Å²) in [6.45, 7) is 11.8. The normalized spacial score (nSPS) is 11.1. The fourth-order valence-electron chi connectivity index (χ4n) is 1.72. The Labute approximate surface area is 115 Å². The van der Waals surface area contributed by atoms with Gasteiger partial charge >= 0.3 is 0 Å². The van der Waals surface area contributed by atoms with Gasteiger partial charge in [0.25, 0.3) is 0 Å². The lowest BCUT2D eigenvalue weighted by molar-refractivity contribution is 0.151. The van der Waals surface area contributed by atoms with Crippen LogP contribution in [0.5, 0.6) is 0 Å². The second-order valence-electron chi connectivity index (χ2n) is 4.34. The summed E-state index contributed by atoms with van der Waals surface area (Å²) in [5.74, 6) is 0. The average Bonchev–Trinajstić information content (AvgIpc) is 2.87. The molecule has 1 rings (SSSR count). The Balaban J connectivity index is 2.35.